The summed E-state index contributed by atoms with van der Waals surface area (Å²) in [4.78, 5) is 25.3. The second kappa shape index (κ2) is 7.31. The molecule has 0 aliphatic carbocycles. The number of nitrogens with one attached hydrogen (secondary N) is 1. The summed E-state index contributed by atoms with van der Waals surface area (Å²) >= 11 is 1.15. The van der Waals surface area contributed by atoms with Gasteiger partial charge >= 0.3 is 0 Å². The molecule has 0 radical (unpaired) electrons. The topological polar surface area (TPSA) is 75.4 Å². The van der Waals surface area contributed by atoms with E-state index >= 15 is 0 Å². The van der Waals surface area contributed by atoms with Crippen LogP contribution in [-0.2, 0) is 11.2 Å². The van der Waals surface area contributed by atoms with Gasteiger partial charge in [0.2, 0.25) is 5.91 Å². The first-order valence-corrected chi connectivity index (χ1v) is 7.65. The summed E-state index contributed by atoms with van der Waals surface area (Å²) < 4.78 is 0. The van der Waals surface area contributed by atoms with Crippen molar-refractivity contribution in [3.8, 4) is 0 Å². The summed E-state index contributed by atoms with van der Waals surface area (Å²) in [5.41, 5.74) is 6.76. The highest BCUT2D eigenvalue weighted by molar-refractivity contribution is 8.14. The van der Waals surface area contributed by atoms with Crippen molar-refractivity contribution in [2.75, 3.05) is 25.4 Å². The van der Waals surface area contributed by atoms with Crippen LogP contribution in [0.3, 0.4) is 0 Å². The molecule has 2 amide bonds. The average Bonchev–Trinajstić information content (AvgIpc) is 2.90. The van der Waals surface area contributed by atoms with Crippen molar-refractivity contribution in [1.29, 1.82) is 0 Å². The molecule has 6 heteroatoms. The maximum atomic E-state index is 12.3. The van der Waals surface area contributed by atoms with Crippen molar-refractivity contribution in [2.24, 2.45) is 5.73 Å². The predicted octanol–water partition coefficient (Wildman–Crippen LogP) is 0.841. The van der Waals surface area contributed by atoms with Gasteiger partial charge in [-0.1, -0.05) is 42.1 Å². The molecule has 1 aliphatic rings. The van der Waals surface area contributed by atoms with Crippen molar-refractivity contribution >= 4 is 22.9 Å². The zero-order chi connectivity index (χ0) is 14.4. The van der Waals surface area contributed by atoms with Crippen molar-refractivity contribution in [3.63, 3.8) is 0 Å². The Kier molecular flexibility index (Phi) is 5.43. The summed E-state index contributed by atoms with van der Waals surface area (Å²) in [6.07, 6.45) is 0.792. The minimum atomic E-state index is -0.408. The number of thioether (sulfide) groups is 1. The Hall–Kier alpha value is -1.53. The molecule has 0 unspecified atom stereocenters. The van der Waals surface area contributed by atoms with E-state index in [1.807, 2.05) is 30.3 Å². The number of carbonyl (C=O) groups excluding carboxylic acids is 2. The minimum Gasteiger partial charge on any atom is -0.339 e. The number of carbonyl (C=O) groups is 2. The van der Waals surface area contributed by atoms with Gasteiger partial charge in [-0.2, -0.15) is 0 Å². The van der Waals surface area contributed by atoms with E-state index in [1.165, 1.54) is 5.56 Å². The molecule has 108 valence electrons. The Morgan fingerprint density at radius 2 is 2.10 bits per heavy atom. The van der Waals surface area contributed by atoms with E-state index < -0.39 is 6.04 Å². The summed E-state index contributed by atoms with van der Waals surface area (Å²) in [5.74, 6) is 0.467. The lowest BCUT2D eigenvalue weighted by Gasteiger charge is -2.24. The molecule has 2 rings (SSSR count). The van der Waals surface area contributed by atoms with Crippen LogP contribution in [0.2, 0.25) is 0 Å². The van der Waals surface area contributed by atoms with Gasteiger partial charge in [0, 0.05) is 25.4 Å². The van der Waals surface area contributed by atoms with Gasteiger partial charge in [0.15, 0.2) is 0 Å². The van der Waals surface area contributed by atoms with E-state index in [2.05, 4.69) is 5.32 Å². The third kappa shape index (κ3) is 3.98. The number of benzene rings is 1. The van der Waals surface area contributed by atoms with Crippen LogP contribution in [-0.4, -0.2) is 47.5 Å². The average molecular weight is 293 g/mol. The Balaban J connectivity index is 1.92. The Morgan fingerprint density at radius 3 is 2.70 bits per heavy atom. The molecule has 1 heterocycles. The Bertz CT molecular complexity index is 467. The number of hydrogen-bond donors (Lipinski definition) is 2. The Labute approximate surface area is 122 Å². The molecule has 1 aromatic rings. The Morgan fingerprint density at radius 1 is 1.35 bits per heavy atom. The van der Waals surface area contributed by atoms with Crippen LogP contribution in [0.1, 0.15) is 5.56 Å². The molecule has 1 saturated heterocycles. The van der Waals surface area contributed by atoms with Gasteiger partial charge in [0.25, 0.3) is 5.24 Å². The van der Waals surface area contributed by atoms with Gasteiger partial charge in [0.05, 0.1) is 0 Å². The molecule has 0 bridgehead atoms. The highest BCUT2D eigenvalue weighted by atomic mass is 32.2. The van der Waals surface area contributed by atoms with E-state index in [-0.39, 0.29) is 11.1 Å². The van der Waals surface area contributed by atoms with Gasteiger partial charge in [-0.05, 0) is 12.0 Å². The fraction of sp³-hybridized carbons (Fsp3) is 0.429. The quantitative estimate of drug-likeness (QED) is 0.815. The summed E-state index contributed by atoms with van der Waals surface area (Å²) in [7, 11) is 0. The first-order valence-electron chi connectivity index (χ1n) is 6.67. The van der Waals surface area contributed by atoms with Crippen LogP contribution < -0.4 is 11.1 Å². The molecule has 1 aliphatic heterocycles. The van der Waals surface area contributed by atoms with E-state index in [1.54, 1.807) is 4.90 Å². The van der Waals surface area contributed by atoms with Crippen molar-refractivity contribution in [1.82, 2.24) is 10.2 Å². The number of nitrogens with two attached hydrogens (primary N) is 1. The maximum absolute atomic E-state index is 12.3. The fourth-order valence-electron chi connectivity index (χ4n) is 2.13. The number of amides is 2. The van der Waals surface area contributed by atoms with E-state index in [0.717, 1.165) is 18.2 Å². The van der Waals surface area contributed by atoms with Gasteiger partial charge in [-0.15, -0.1) is 0 Å². The van der Waals surface area contributed by atoms with Crippen LogP contribution in [0.15, 0.2) is 30.3 Å². The first-order chi connectivity index (χ1) is 9.70. The van der Waals surface area contributed by atoms with Gasteiger partial charge in [-0.3, -0.25) is 9.59 Å². The standard InChI is InChI=1S/C14H19N3O2S/c15-7-9-17(8-6-11-4-2-1-3-5-11)13(18)12-10-20-14(19)16-12/h1-5,12H,6-10,15H2,(H,16,19)/t12-/m0/s1. The van der Waals surface area contributed by atoms with Crippen molar-refractivity contribution in [2.45, 2.75) is 12.5 Å². The third-order valence-electron chi connectivity index (χ3n) is 3.20. The molecule has 0 saturated carbocycles. The largest absolute Gasteiger partial charge is 0.339 e. The molecule has 0 spiro atoms. The third-order valence-corrected chi connectivity index (χ3v) is 4.08. The van der Waals surface area contributed by atoms with Crippen molar-refractivity contribution in [3.05, 3.63) is 35.9 Å². The number of hydrogen-bond acceptors (Lipinski definition) is 4. The normalized spacial score (nSPS) is 17.9. The van der Waals surface area contributed by atoms with Crippen LogP contribution in [0, 0.1) is 0 Å². The smallest absolute Gasteiger partial charge is 0.279 e. The van der Waals surface area contributed by atoms with Gasteiger partial charge in [-0.25, -0.2) is 0 Å². The van der Waals surface area contributed by atoms with Crippen molar-refractivity contribution < 1.29 is 9.59 Å². The maximum Gasteiger partial charge on any atom is 0.279 e. The molecular weight excluding hydrogens is 274 g/mol. The van der Waals surface area contributed by atoms with E-state index in [0.29, 0.717) is 25.4 Å². The van der Waals surface area contributed by atoms with Gasteiger partial charge < -0.3 is 16.0 Å². The molecule has 0 aromatic heterocycles. The summed E-state index contributed by atoms with van der Waals surface area (Å²) in [6, 6.07) is 9.61. The SMILES string of the molecule is NCCN(CCc1ccccc1)C(=O)[C@@H]1CSC(=O)N1. The zero-order valence-electron chi connectivity index (χ0n) is 11.2. The lowest BCUT2D eigenvalue weighted by atomic mass is 10.1. The lowest BCUT2D eigenvalue weighted by Crippen LogP contribution is -2.47. The molecular formula is C14H19N3O2S. The minimum absolute atomic E-state index is 0.0373. The second-order valence-corrected chi connectivity index (χ2v) is 5.64. The molecule has 1 aromatic carbocycles. The molecule has 3 N–H and O–H groups in total. The van der Waals surface area contributed by atoms with Crippen LogP contribution in [0.4, 0.5) is 4.79 Å². The molecule has 20 heavy (non-hydrogen) atoms. The van der Waals surface area contributed by atoms with Crippen LogP contribution in [0.5, 0.6) is 0 Å². The number of nitrogens with zero attached hydrogens (tertiary/aromatic N) is 1. The lowest BCUT2D eigenvalue weighted by molar-refractivity contribution is -0.132. The van der Waals surface area contributed by atoms with Gasteiger partial charge in [0.1, 0.15) is 6.04 Å². The molecule has 1 fully saturated rings. The van der Waals surface area contributed by atoms with Crippen LogP contribution in [0.25, 0.3) is 0 Å². The fourth-order valence-corrected chi connectivity index (χ4v) is 2.90. The second-order valence-electron chi connectivity index (χ2n) is 4.64. The first kappa shape index (κ1) is 14.9. The highest BCUT2D eigenvalue weighted by Crippen LogP contribution is 2.15. The molecule has 1 atom stereocenters. The molecule has 5 nitrogen and oxygen atoms in total. The monoisotopic (exact) mass is 293 g/mol. The highest BCUT2D eigenvalue weighted by Gasteiger charge is 2.30. The summed E-state index contributed by atoms with van der Waals surface area (Å²) in [5, 5.41) is 2.56. The van der Waals surface area contributed by atoms with E-state index in [9.17, 15) is 9.59 Å². The van der Waals surface area contributed by atoms with E-state index in [4.69, 9.17) is 5.73 Å². The summed E-state index contributed by atoms with van der Waals surface area (Å²) in [6.45, 7) is 1.56. The van der Waals surface area contributed by atoms with Crippen LogP contribution >= 0.6 is 11.8 Å². The predicted molar refractivity (Wildman–Crippen MR) is 80.6 cm³/mol. The zero-order valence-corrected chi connectivity index (χ0v) is 12.1. The number of rotatable bonds is 6.